The highest BCUT2D eigenvalue weighted by molar-refractivity contribution is 7.99. The van der Waals surface area contributed by atoms with Crippen molar-refractivity contribution in [3.63, 3.8) is 0 Å². The van der Waals surface area contributed by atoms with Gasteiger partial charge in [0.2, 0.25) is 0 Å². The van der Waals surface area contributed by atoms with Crippen LogP contribution in [-0.4, -0.2) is 6.04 Å². The maximum Gasteiger partial charge on any atom is 0.0546 e. The Hall–Kier alpha value is -0.670. The summed E-state index contributed by atoms with van der Waals surface area (Å²) >= 11 is 13.8. The minimum Gasteiger partial charge on any atom is -0.327 e. The number of hydrogen-bond acceptors (Lipinski definition) is 2. The molecule has 0 saturated carbocycles. The summed E-state index contributed by atoms with van der Waals surface area (Å²) in [7, 11) is 0. The molecule has 2 N–H and O–H groups in total. The van der Waals surface area contributed by atoms with Gasteiger partial charge in [0.1, 0.15) is 0 Å². The van der Waals surface area contributed by atoms with E-state index in [1.165, 1.54) is 5.56 Å². The summed E-state index contributed by atoms with van der Waals surface area (Å²) in [6.07, 6.45) is 1.91. The molecule has 2 rings (SSSR count). The summed E-state index contributed by atoms with van der Waals surface area (Å²) < 4.78 is 0. The molecule has 0 aliphatic heterocycles. The second kappa shape index (κ2) is 7.37. The molecule has 1 unspecified atom stereocenters. The van der Waals surface area contributed by atoms with Gasteiger partial charge >= 0.3 is 0 Å². The molecule has 2 aromatic rings. The second-order valence-corrected chi connectivity index (χ2v) is 6.65. The van der Waals surface area contributed by atoms with E-state index in [2.05, 4.69) is 31.2 Å². The first-order chi connectivity index (χ1) is 9.58. The van der Waals surface area contributed by atoms with Crippen LogP contribution in [0.3, 0.4) is 0 Å². The zero-order valence-electron chi connectivity index (χ0n) is 11.3. The van der Waals surface area contributed by atoms with Crippen LogP contribution >= 0.6 is 35.0 Å². The molecule has 20 heavy (non-hydrogen) atoms. The fourth-order valence-electron chi connectivity index (χ4n) is 1.82. The van der Waals surface area contributed by atoms with Crippen LogP contribution < -0.4 is 5.73 Å². The van der Waals surface area contributed by atoms with E-state index in [0.29, 0.717) is 5.02 Å². The molecule has 4 heteroatoms. The summed E-state index contributed by atoms with van der Waals surface area (Å²) in [5, 5.41) is 1.42. The molecule has 0 saturated heterocycles. The number of nitrogens with two attached hydrogens (primary N) is 1. The van der Waals surface area contributed by atoms with Gasteiger partial charge in [-0.05, 0) is 48.7 Å². The Morgan fingerprint density at radius 3 is 2.45 bits per heavy atom. The molecule has 0 spiro atoms. The Bertz CT molecular complexity index is 569. The lowest BCUT2D eigenvalue weighted by Gasteiger charge is -2.09. The summed E-state index contributed by atoms with van der Waals surface area (Å²) in [6, 6.07) is 14.2. The number of benzene rings is 2. The normalized spacial score (nSPS) is 12.4. The zero-order valence-corrected chi connectivity index (χ0v) is 13.6. The summed E-state index contributed by atoms with van der Waals surface area (Å²) in [5.74, 6) is 0. The lowest BCUT2D eigenvalue weighted by molar-refractivity contribution is 0.646. The van der Waals surface area contributed by atoms with Crippen molar-refractivity contribution < 1.29 is 0 Å². The van der Waals surface area contributed by atoms with Gasteiger partial charge in [0.05, 0.1) is 5.02 Å². The topological polar surface area (TPSA) is 26.0 Å². The van der Waals surface area contributed by atoms with Gasteiger partial charge in [-0.3, -0.25) is 0 Å². The van der Waals surface area contributed by atoms with E-state index in [1.807, 2.05) is 12.1 Å². The van der Waals surface area contributed by atoms with E-state index >= 15 is 0 Å². The van der Waals surface area contributed by atoms with E-state index in [0.717, 1.165) is 27.7 Å². The lowest BCUT2D eigenvalue weighted by atomic mass is 10.1. The smallest absolute Gasteiger partial charge is 0.0546 e. The van der Waals surface area contributed by atoms with Crippen LogP contribution in [0.15, 0.2) is 52.3 Å². The SMILES string of the molecule is CCC(N)Cc1ccc(Sc2cc(Cl)ccc2Cl)cc1. The lowest BCUT2D eigenvalue weighted by Crippen LogP contribution is -2.21. The highest BCUT2D eigenvalue weighted by atomic mass is 35.5. The second-order valence-electron chi connectivity index (χ2n) is 4.69. The third-order valence-corrected chi connectivity index (χ3v) is 4.81. The molecule has 0 aromatic heterocycles. The standard InChI is InChI=1S/C16H17Cl2NS/c1-2-13(19)9-11-3-6-14(7-4-11)20-16-10-12(17)5-8-15(16)18/h3-8,10,13H,2,9,19H2,1H3. The molecule has 2 aromatic carbocycles. The van der Waals surface area contributed by atoms with Gasteiger partial charge in [0.25, 0.3) is 0 Å². The highest BCUT2D eigenvalue weighted by Crippen LogP contribution is 2.35. The van der Waals surface area contributed by atoms with Crippen LogP contribution in [0.4, 0.5) is 0 Å². The van der Waals surface area contributed by atoms with Crippen molar-refractivity contribution in [2.24, 2.45) is 5.73 Å². The van der Waals surface area contributed by atoms with Gasteiger partial charge in [-0.15, -0.1) is 0 Å². The van der Waals surface area contributed by atoms with Gasteiger partial charge in [0.15, 0.2) is 0 Å². The summed E-state index contributed by atoms with van der Waals surface area (Å²) in [5.41, 5.74) is 7.23. The molecule has 0 heterocycles. The van der Waals surface area contributed by atoms with E-state index in [9.17, 15) is 0 Å². The molecule has 106 valence electrons. The van der Waals surface area contributed by atoms with Crippen LogP contribution in [0.5, 0.6) is 0 Å². The molecule has 0 amide bonds. The highest BCUT2D eigenvalue weighted by Gasteiger charge is 2.05. The molecule has 1 nitrogen and oxygen atoms in total. The van der Waals surface area contributed by atoms with Crippen molar-refractivity contribution >= 4 is 35.0 Å². The van der Waals surface area contributed by atoms with Crippen molar-refractivity contribution in [3.05, 3.63) is 58.1 Å². The maximum atomic E-state index is 6.17. The van der Waals surface area contributed by atoms with Gasteiger partial charge in [0, 0.05) is 20.9 Å². The molecule has 0 bridgehead atoms. The molecule has 0 aliphatic rings. The molecular formula is C16H17Cl2NS. The molecule has 0 radical (unpaired) electrons. The van der Waals surface area contributed by atoms with Crippen molar-refractivity contribution in [2.75, 3.05) is 0 Å². The first kappa shape index (κ1) is 15.7. The van der Waals surface area contributed by atoms with Crippen molar-refractivity contribution in [1.82, 2.24) is 0 Å². The van der Waals surface area contributed by atoms with E-state index in [1.54, 1.807) is 17.8 Å². The molecule has 0 fully saturated rings. The first-order valence-corrected chi connectivity index (χ1v) is 8.13. The van der Waals surface area contributed by atoms with Crippen LogP contribution in [0, 0.1) is 0 Å². The summed E-state index contributed by atoms with van der Waals surface area (Å²) in [4.78, 5) is 2.11. The largest absolute Gasteiger partial charge is 0.327 e. The molecule has 1 atom stereocenters. The van der Waals surface area contributed by atoms with Gasteiger partial charge in [-0.2, -0.15) is 0 Å². The number of rotatable bonds is 5. The maximum absolute atomic E-state index is 6.17. The predicted molar refractivity (Wildman–Crippen MR) is 89.0 cm³/mol. The fourth-order valence-corrected chi connectivity index (χ4v) is 3.17. The van der Waals surface area contributed by atoms with Crippen LogP contribution in [-0.2, 0) is 6.42 Å². The van der Waals surface area contributed by atoms with Gasteiger partial charge in [-0.25, -0.2) is 0 Å². The first-order valence-electron chi connectivity index (χ1n) is 6.56. The Balaban J connectivity index is 2.09. The van der Waals surface area contributed by atoms with E-state index in [4.69, 9.17) is 28.9 Å². The van der Waals surface area contributed by atoms with Crippen molar-refractivity contribution in [2.45, 2.75) is 35.6 Å². The van der Waals surface area contributed by atoms with Crippen LogP contribution in [0.2, 0.25) is 10.0 Å². The Labute approximate surface area is 134 Å². The Morgan fingerprint density at radius 1 is 1.10 bits per heavy atom. The minimum absolute atomic E-state index is 0.232. The zero-order chi connectivity index (χ0) is 14.5. The Kier molecular flexibility index (Phi) is 5.79. The van der Waals surface area contributed by atoms with Gasteiger partial charge in [-0.1, -0.05) is 54.0 Å². The molecule has 0 aliphatic carbocycles. The third-order valence-electron chi connectivity index (χ3n) is 3.07. The number of halogens is 2. The minimum atomic E-state index is 0.232. The Morgan fingerprint density at radius 2 is 1.80 bits per heavy atom. The van der Waals surface area contributed by atoms with E-state index in [-0.39, 0.29) is 6.04 Å². The fraction of sp³-hybridized carbons (Fsp3) is 0.250. The van der Waals surface area contributed by atoms with Crippen LogP contribution in [0.25, 0.3) is 0 Å². The van der Waals surface area contributed by atoms with E-state index < -0.39 is 0 Å². The molecular weight excluding hydrogens is 309 g/mol. The third kappa shape index (κ3) is 4.42. The monoisotopic (exact) mass is 325 g/mol. The average molecular weight is 326 g/mol. The average Bonchev–Trinajstić information content (AvgIpc) is 2.45. The quantitative estimate of drug-likeness (QED) is 0.793. The summed E-state index contributed by atoms with van der Waals surface area (Å²) in [6.45, 7) is 2.11. The van der Waals surface area contributed by atoms with Crippen molar-refractivity contribution in [1.29, 1.82) is 0 Å². The predicted octanol–water partition coefficient (Wildman–Crippen LogP) is 5.42. The van der Waals surface area contributed by atoms with Crippen LogP contribution in [0.1, 0.15) is 18.9 Å². The number of hydrogen-bond donors (Lipinski definition) is 1. The van der Waals surface area contributed by atoms with Gasteiger partial charge < -0.3 is 5.73 Å². The van der Waals surface area contributed by atoms with Crippen molar-refractivity contribution in [3.8, 4) is 0 Å².